The van der Waals surface area contributed by atoms with Crippen molar-refractivity contribution in [1.82, 2.24) is 0 Å². The molecule has 3 fully saturated rings. The van der Waals surface area contributed by atoms with Crippen LogP contribution < -0.4 is 5.73 Å². The lowest BCUT2D eigenvalue weighted by atomic mass is 9.59. The lowest BCUT2D eigenvalue weighted by Crippen LogP contribution is -2.49. The van der Waals surface area contributed by atoms with Gasteiger partial charge < -0.3 is 10.5 Å². The second kappa shape index (κ2) is 4.10. The van der Waals surface area contributed by atoms with E-state index in [9.17, 15) is 0 Å². The minimum atomic E-state index is 0.383. The highest BCUT2D eigenvalue weighted by Crippen LogP contribution is 2.63. The highest BCUT2D eigenvalue weighted by atomic mass is 16.5. The molecule has 0 heterocycles. The molecule has 3 aliphatic carbocycles. The van der Waals surface area contributed by atoms with Gasteiger partial charge in [0.1, 0.15) is 0 Å². The van der Waals surface area contributed by atoms with E-state index < -0.39 is 0 Å². The number of fused-ring (bicyclic) bond motifs is 3. The molecule has 5 atom stereocenters. The zero-order chi connectivity index (χ0) is 12.0. The summed E-state index contributed by atoms with van der Waals surface area (Å²) in [6.07, 6.45) is 7.90. The maximum absolute atomic E-state index is 6.58. The maximum atomic E-state index is 6.58. The largest absolute Gasteiger partial charge is 0.384 e. The van der Waals surface area contributed by atoms with Crippen molar-refractivity contribution in [2.45, 2.75) is 44.6 Å². The van der Waals surface area contributed by atoms with E-state index in [4.69, 9.17) is 10.5 Å². The number of ether oxygens (including phenoxy) is 1. The van der Waals surface area contributed by atoms with Gasteiger partial charge in [0, 0.05) is 19.8 Å². The van der Waals surface area contributed by atoms with Gasteiger partial charge in [-0.15, -0.1) is 0 Å². The molecule has 0 aromatic heterocycles. The van der Waals surface area contributed by atoms with E-state index >= 15 is 0 Å². The van der Waals surface area contributed by atoms with Gasteiger partial charge in [-0.2, -0.15) is 0 Å². The van der Waals surface area contributed by atoms with Crippen molar-refractivity contribution in [2.24, 2.45) is 28.9 Å². The fraction of sp³-hybridized carbons (Fsp3) is 0.867. The Balaban J connectivity index is 1.83. The molecule has 2 heteroatoms. The lowest BCUT2D eigenvalue weighted by Gasteiger charge is -2.47. The second-order valence-electron chi connectivity index (χ2n) is 6.49. The van der Waals surface area contributed by atoms with Gasteiger partial charge in [0.05, 0.1) is 0 Å². The van der Waals surface area contributed by atoms with Crippen LogP contribution in [0.2, 0.25) is 0 Å². The van der Waals surface area contributed by atoms with Crippen LogP contribution in [0, 0.1) is 23.2 Å². The van der Waals surface area contributed by atoms with Gasteiger partial charge in [0.25, 0.3) is 0 Å². The first-order valence-electron chi connectivity index (χ1n) is 7.12. The molecule has 0 aliphatic heterocycles. The molecular weight excluding hydrogens is 210 g/mol. The predicted octanol–water partition coefficient (Wildman–Crippen LogP) is 2.73. The second-order valence-corrected chi connectivity index (χ2v) is 6.49. The molecule has 2 nitrogen and oxygen atoms in total. The van der Waals surface area contributed by atoms with Crippen molar-refractivity contribution >= 4 is 0 Å². The summed E-state index contributed by atoms with van der Waals surface area (Å²) in [5, 5.41) is 0. The Kier molecular flexibility index (Phi) is 2.83. The quantitative estimate of drug-likeness (QED) is 0.747. The summed E-state index contributed by atoms with van der Waals surface area (Å²) >= 11 is 0. The van der Waals surface area contributed by atoms with Crippen LogP contribution in [0.4, 0.5) is 0 Å². The summed E-state index contributed by atoms with van der Waals surface area (Å²) in [6, 6.07) is 0.383. The van der Waals surface area contributed by atoms with Crippen molar-refractivity contribution in [3.63, 3.8) is 0 Å². The molecule has 0 aromatic rings. The van der Waals surface area contributed by atoms with Gasteiger partial charge in [-0.05, 0) is 55.3 Å². The Bertz CT molecular complexity index is 325. The molecule has 0 saturated heterocycles. The molecule has 2 bridgehead atoms. The van der Waals surface area contributed by atoms with E-state index in [1.54, 1.807) is 0 Å². The SMILES string of the molecule is C=C1C2CC[C@@H]1[C@]1(CCC[C@H](COC)C1)[C@H]2N. The van der Waals surface area contributed by atoms with Crippen molar-refractivity contribution in [1.29, 1.82) is 0 Å². The van der Waals surface area contributed by atoms with Gasteiger partial charge in [0.15, 0.2) is 0 Å². The van der Waals surface area contributed by atoms with Crippen molar-refractivity contribution in [3.05, 3.63) is 12.2 Å². The van der Waals surface area contributed by atoms with Crippen molar-refractivity contribution < 1.29 is 4.74 Å². The van der Waals surface area contributed by atoms with Crippen LogP contribution in [0.15, 0.2) is 12.2 Å². The zero-order valence-electron chi connectivity index (χ0n) is 11.0. The van der Waals surface area contributed by atoms with Crippen LogP contribution in [0.25, 0.3) is 0 Å². The summed E-state index contributed by atoms with van der Waals surface area (Å²) in [4.78, 5) is 0. The van der Waals surface area contributed by atoms with Crippen molar-refractivity contribution in [3.8, 4) is 0 Å². The Morgan fingerprint density at radius 2 is 2.24 bits per heavy atom. The highest BCUT2D eigenvalue weighted by molar-refractivity contribution is 5.28. The first-order valence-corrected chi connectivity index (χ1v) is 7.12. The van der Waals surface area contributed by atoms with Crippen LogP contribution in [-0.4, -0.2) is 19.8 Å². The zero-order valence-corrected chi connectivity index (χ0v) is 11.0. The Morgan fingerprint density at radius 3 is 2.88 bits per heavy atom. The molecule has 0 radical (unpaired) electrons. The van der Waals surface area contributed by atoms with Crippen LogP contribution in [0.5, 0.6) is 0 Å². The van der Waals surface area contributed by atoms with E-state index in [-0.39, 0.29) is 0 Å². The van der Waals surface area contributed by atoms with E-state index in [0.717, 1.165) is 18.4 Å². The van der Waals surface area contributed by atoms with E-state index in [1.165, 1.54) is 44.1 Å². The molecule has 0 aromatic carbocycles. The summed E-state index contributed by atoms with van der Waals surface area (Å²) in [6.45, 7) is 5.25. The summed E-state index contributed by atoms with van der Waals surface area (Å²) in [5.74, 6) is 2.08. The minimum absolute atomic E-state index is 0.383. The smallest absolute Gasteiger partial charge is 0.0490 e. The highest BCUT2D eigenvalue weighted by Gasteiger charge is 2.59. The summed E-state index contributed by atoms with van der Waals surface area (Å²) in [5.41, 5.74) is 8.45. The number of hydrogen-bond acceptors (Lipinski definition) is 2. The van der Waals surface area contributed by atoms with Gasteiger partial charge in [-0.25, -0.2) is 0 Å². The predicted molar refractivity (Wildman–Crippen MR) is 69.6 cm³/mol. The third-order valence-corrected chi connectivity index (χ3v) is 5.81. The van der Waals surface area contributed by atoms with Gasteiger partial charge >= 0.3 is 0 Å². The minimum Gasteiger partial charge on any atom is -0.384 e. The molecule has 3 saturated carbocycles. The number of methoxy groups -OCH3 is 1. The van der Waals surface area contributed by atoms with Gasteiger partial charge in [-0.1, -0.05) is 18.6 Å². The van der Waals surface area contributed by atoms with Crippen LogP contribution in [0.3, 0.4) is 0 Å². The molecule has 3 rings (SSSR count). The molecule has 1 unspecified atom stereocenters. The Labute approximate surface area is 105 Å². The van der Waals surface area contributed by atoms with E-state index in [2.05, 4.69) is 6.58 Å². The van der Waals surface area contributed by atoms with Crippen LogP contribution in [0.1, 0.15) is 38.5 Å². The molecule has 1 spiro atoms. The Morgan fingerprint density at radius 1 is 1.41 bits per heavy atom. The molecule has 17 heavy (non-hydrogen) atoms. The molecule has 3 aliphatic rings. The van der Waals surface area contributed by atoms with E-state index in [1.807, 2.05) is 7.11 Å². The van der Waals surface area contributed by atoms with Crippen LogP contribution in [-0.2, 0) is 4.74 Å². The first-order chi connectivity index (χ1) is 8.19. The summed E-state index contributed by atoms with van der Waals surface area (Å²) < 4.78 is 5.36. The molecule has 2 N–H and O–H groups in total. The van der Waals surface area contributed by atoms with Crippen LogP contribution >= 0.6 is 0 Å². The lowest BCUT2D eigenvalue weighted by molar-refractivity contribution is 0.0217. The average molecular weight is 235 g/mol. The number of rotatable bonds is 2. The third-order valence-electron chi connectivity index (χ3n) is 5.81. The molecular formula is C15H25NO. The van der Waals surface area contributed by atoms with Crippen molar-refractivity contribution in [2.75, 3.05) is 13.7 Å². The molecule has 0 amide bonds. The average Bonchev–Trinajstić information content (AvgIpc) is 2.77. The topological polar surface area (TPSA) is 35.2 Å². The Hall–Kier alpha value is -0.340. The normalized spacial score (nSPS) is 49.2. The van der Waals surface area contributed by atoms with Gasteiger partial charge in [-0.3, -0.25) is 0 Å². The monoisotopic (exact) mass is 235 g/mol. The maximum Gasteiger partial charge on any atom is 0.0490 e. The summed E-state index contributed by atoms with van der Waals surface area (Å²) in [7, 11) is 1.82. The number of hydrogen-bond donors (Lipinski definition) is 1. The number of nitrogens with two attached hydrogens (primary N) is 1. The standard InChI is InChI=1S/C15H25NO/c1-10-12-5-6-13(10)15(14(12)16)7-3-4-11(8-15)9-17-2/h11-14H,1,3-9,16H2,2H3/t11-,12?,13-,14-,15+/m0/s1. The molecule has 96 valence electrons. The van der Waals surface area contributed by atoms with E-state index in [0.29, 0.717) is 17.4 Å². The first kappa shape index (κ1) is 11.7. The fourth-order valence-corrected chi connectivity index (χ4v) is 5.13. The fourth-order valence-electron chi connectivity index (χ4n) is 5.13. The van der Waals surface area contributed by atoms with Gasteiger partial charge in [0.2, 0.25) is 0 Å². The third kappa shape index (κ3) is 1.53.